The second-order valence-corrected chi connectivity index (χ2v) is 13.2. The molecule has 0 bridgehead atoms. The van der Waals surface area contributed by atoms with Gasteiger partial charge in [0.05, 0.1) is 39.4 Å². The van der Waals surface area contributed by atoms with Crippen LogP contribution in [0.4, 0.5) is 0 Å². The second kappa shape index (κ2) is 13.4. The number of furan rings is 1. The highest BCUT2D eigenvalue weighted by molar-refractivity contribution is 6.36. The number of carbonyl (C=O) groups is 3. The summed E-state index contributed by atoms with van der Waals surface area (Å²) in [7, 11) is 8.23. The van der Waals surface area contributed by atoms with Crippen LogP contribution in [0, 0.1) is 5.92 Å². The van der Waals surface area contributed by atoms with Crippen LogP contribution in [0.15, 0.2) is 59.0 Å². The number of nitrogens with zero attached hydrogens (tertiary/aromatic N) is 1. The number of halogens is 2. The Hall–Kier alpha value is -4.51. The summed E-state index contributed by atoms with van der Waals surface area (Å²) in [5.41, 5.74) is 0.154. The highest BCUT2D eigenvalue weighted by Gasteiger charge is 2.63. The molecule has 1 aliphatic heterocycles. The van der Waals surface area contributed by atoms with Crippen molar-refractivity contribution >= 4 is 40.7 Å². The van der Waals surface area contributed by atoms with Gasteiger partial charge in [0, 0.05) is 41.1 Å². The number of hydrogen-bond donors (Lipinski definition) is 1. The highest BCUT2D eigenvalue weighted by atomic mass is 35.5. The SMILES string of the molecule is COc1ccc(-c2oc3c(c2CC(=O)NCC(c2cccc(Cl)c2)N(C)C)C(=O)[C@@]2(Oc4c(Cl)c(OC)cc(OC)c4C2=O)[C@H](C)C3)cc1. The minimum Gasteiger partial charge on any atom is -0.497 e. The van der Waals surface area contributed by atoms with E-state index < -0.39 is 23.1 Å². The fourth-order valence-electron chi connectivity index (χ4n) is 6.72. The zero-order valence-electron chi connectivity index (χ0n) is 27.9. The Morgan fingerprint density at radius 1 is 0.980 bits per heavy atom. The normalized spacial score (nSPS) is 18.6. The summed E-state index contributed by atoms with van der Waals surface area (Å²) in [4.78, 5) is 44.9. The standard InChI is InChI=1S/C37H36Cl2N2O8/c1-19-14-27-30(35(43)37(19)36(44)31-26(46-5)17-28(47-6)32(39)34(31)49-37)24(33(48-27)20-10-12-23(45-4)13-11-20)16-29(42)40-18-25(41(2)3)21-8-7-9-22(38)15-21/h7-13,15,17,19,25H,14,16,18H2,1-6H3,(H,40,42)/t19-,25?,37+/m1/s1. The Labute approximate surface area is 294 Å². The van der Waals surface area contributed by atoms with Gasteiger partial charge in [-0.3, -0.25) is 14.4 Å². The molecule has 256 valence electrons. The molecule has 1 unspecified atom stereocenters. The molecule has 1 N–H and O–H groups in total. The summed E-state index contributed by atoms with van der Waals surface area (Å²) in [6, 6.07) is 15.9. The van der Waals surface area contributed by atoms with Gasteiger partial charge in [-0.25, -0.2) is 0 Å². The molecule has 2 heterocycles. The van der Waals surface area contributed by atoms with Crippen molar-refractivity contribution in [2.45, 2.75) is 31.4 Å². The summed E-state index contributed by atoms with van der Waals surface area (Å²) in [6.45, 7) is 2.03. The quantitative estimate of drug-likeness (QED) is 0.181. The number of nitrogens with one attached hydrogen (secondary N) is 1. The summed E-state index contributed by atoms with van der Waals surface area (Å²) >= 11 is 12.9. The molecule has 3 aromatic carbocycles. The summed E-state index contributed by atoms with van der Waals surface area (Å²) < 4.78 is 29.0. The Morgan fingerprint density at radius 3 is 2.31 bits per heavy atom. The maximum atomic E-state index is 14.8. The van der Waals surface area contributed by atoms with Crippen LogP contribution in [-0.4, -0.2) is 69.9 Å². The fourth-order valence-corrected chi connectivity index (χ4v) is 7.19. The smallest absolute Gasteiger partial charge is 0.237 e. The molecule has 2 aliphatic rings. The first kappa shape index (κ1) is 34.4. The Morgan fingerprint density at radius 2 is 1.67 bits per heavy atom. The van der Waals surface area contributed by atoms with E-state index in [4.69, 9.17) is 46.6 Å². The van der Waals surface area contributed by atoms with E-state index in [1.54, 1.807) is 44.4 Å². The summed E-state index contributed by atoms with van der Waals surface area (Å²) in [6.07, 6.45) is -0.0226. The predicted octanol–water partition coefficient (Wildman–Crippen LogP) is 6.63. The third-order valence-corrected chi connectivity index (χ3v) is 9.88. The summed E-state index contributed by atoms with van der Waals surface area (Å²) in [5, 5.41) is 3.67. The van der Waals surface area contributed by atoms with Gasteiger partial charge < -0.3 is 33.6 Å². The van der Waals surface area contributed by atoms with E-state index in [-0.39, 0.29) is 64.7 Å². The average molecular weight is 708 g/mol. The van der Waals surface area contributed by atoms with Gasteiger partial charge >= 0.3 is 0 Å². The molecule has 0 radical (unpaired) electrons. The molecule has 0 saturated carbocycles. The van der Waals surface area contributed by atoms with Crippen LogP contribution in [0.5, 0.6) is 23.0 Å². The number of ether oxygens (including phenoxy) is 4. The van der Waals surface area contributed by atoms with Gasteiger partial charge in [-0.15, -0.1) is 0 Å². The first-order valence-corrected chi connectivity index (χ1v) is 16.4. The maximum Gasteiger partial charge on any atom is 0.237 e. The van der Waals surface area contributed by atoms with E-state index in [2.05, 4.69) is 5.32 Å². The predicted molar refractivity (Wildman–Crippen MR) is 185 cm³/mol. The number of fused-ring (bicyclic) bond motifs is 2. The van der Waals surface area contributed by atoms with Gasteiger partial charge in [-0.05, 0) is 56.1 Å². The second-order valence-electron chi connectivity index (χ2n) is 12.4. The van der Waals surface area contributed by atoms with Crippen LogP contribution < -0.4 is 24.3 Å². The molecule has 4 aromatic rings. The van der Waals surface area contributed by atoms with Crippen LogP contribution in [0.25, 0.3) is 11.3 Å². The third-order valence-electron chi connectivity index (χ3n) is 9.29. The van der Waals surface area contributed by atoms with E-state index in [9.17, 15) is 14.4 Å². The molecule has 0 fully saturated rings. The van der Waals surface area contributed by atoms with Gasteiger partial charge in [-0.1, -0.05) is 42.3 Å². The topological polar surface area (TPSA) is 117 Å². The van der Waals surface area contributed by atoms with Crippen molar-refractivity contribution in [1.82, 2.24) is 10.2 Å². The van der Waals surface area contributed by atoms with Crippen LogP contribution in [-0.2, 0) is 17.6 Å². The molecule has 3 atom stereocenters. The first-order chi connectivity index (χ1) is 23.4. The number of amides is 1. The molecule has 6 rings (SSSR count). The minimum absolute atomic E-state index is 0.0143. The molecule has 1 spiro atoms. The molecular weight excluding hydrogens is 671 g/mol. The van der Waals surface area contributed by atoms with Crippen molar-refractivity contribution < 1.29 is 37.7 Å². The van der Waals surface area contributed by atoms with Crippen LogP contribution in [0.1, 0.15) is 50.6 Å². The maximum absolute atomic E-state index is 14.8. The number of hydrogen-bond acceptors (Lipinski definition) is 9. The number of Topliss-reactive ketones (excluding diaryl/α,β-unsaturated/α-hetero) is 2. The Kier molecular flexibility index (Phi) is 9.41. The van der Waals surface area contributed by atoms with Crippen LogP contribution in [0.2, 0.25) is 10.0 Å². The number of rotatable bonds is 10. The van der Waals surface area contributed by atoms with E-state index in [1.807, 2.05) is 37.2 Å². The zero-order chi connectivity index (χ0) is 35.2. The van der Waals surface area contributed by atoms with Crippen LogP contribution in [0.3, 0.4) is 0 Å². The lowest BCUT2D eigenvalue weighted by atomic mass is 9.70. The lowest BCUT2D eigenvalue weighted by Gasteiger charge is -2.35. The average Bonchev–Trinajstić information content (AvgIpc) is 3.60. The van der Waals surface area contributed by atoms with Gasteiger partial charge in [0.2, 0.25) is 23.1 Å². The van der Waals surface area contributed by atoms with Gasteiger partial charge in [0.25, 0.3) is 0 Å². The Balaban J connectivity index is 1.41. The third kappa shape index (κ3) is 5.81. The van der Waals surface area contributed by atoms with E-state index in [0.717, 1.165) is 5.56 Å². The highest BCUT2D eigenvalue weighted by Crippen LogP contribution is 2.54. The number of likely N-dealkylation sites (N-methyl/N-ethyl adjacent to an activating group) is 1. The number of benzene rings is 3. The van der Waals surface area contributed by atoms with E-state index in [0.29, 0.717) is 33.4 Å². The van der Waals surface area contributed by atoms with Crippen molar-refractivity contribution in [3.63, 3.8) is 0 Å². The molecule has 1 amide bonds. The van der Waals surface area contributed by atoms with Gasteiger partial charge in [0.15, 0.2) is 5.75 Å². The molecule has 1 aliphatic carbocycles. The molecule has 0 saturated heterocycles. The Bertz CT molecular complexity index is 1950. The molecule has 1 aromatic heterocycles. The number of carbonyl (C=O) groups excluding carboxylic acids is 3. The molecule has 12 heteroatoms. The van der Waals surface area contributed by atoms with Gasteiger partial charge in [-0.2, -0.15) is 0 Å². The van der Waals surface area contributed by atoms with Crippen molar-refractivity contribution in [3.05, 3.63) is 92.7 Å². The van der Waals surface area contributed by atoms with Crippen LogP contribution >= 0.6 is 23.2 Å². The minimum atomic E-state index is -1.96. The molecule has 10 nitrogen and oxygen atoms in total. The molecule has 49 heavy (non-hydrogen) atoms. The molecular formula is C37H36Cl2N2O8. The van der Waals surface area contributed by atoms with Crippen molar-refractivity contribution in [2.24, 2.45) is 5.92 Å². The van der Waals surface area contributed by atoms with E-state index in [1.165, 1.54) is 20.3 Å². The fraction of sp³-hybridized carbons (Fsp3) is 0.324. The van der Waals surface area contributed by atoms with Crippen molar-refractivity contribution in [3.8, 4) is 34.3 Å². The van der Waals surface area contributed by atoms with Crippen molar-refractivity contribution in [2.75, 3.05) is 42.0 Å². The first-order valence-electron chi connectivity index (χ1n) is 15.7. The summed E-state index contributed by atoms with van der Waals surface area (Å²) in [5.74, 6) is -0.438. The largest absolute Gasteiger partial charge is 0.497 e. The number of ketones is 2. The van der Waals surface area contributed by atoms with Crippen molar-refractivity contribution in [1.29, 1.82) is 0 Å². The van der Waals surface area contributed by atoms with E-state index >= 15 is 0 Å². The monoisotopic (exact) mass is 706 g/mol. The lowest BCUT2D eigenvalue weighted by molar-refractivity contribution is -0.120. The lowest BCUT2D eigenvalue weighted by Crippen LogP contribution is -2.56. The number of methoxy groups -OCH3 is 3. The zero-order valence-corrected chi connectivity index (χ0v) is 29.5. The van der Waals surface area contributed by atoms with Gasteiger partial charge in [0.1, 0.15) is 39.4 Å².